The summed E-state index contributed by atoms with van der Waals surface area (Å²) in [6, 6.07) is 16.3. The topological polar surface area (TPSA) is 67.9 Å². The molecule has 1 aliphatic rings. The van der Waals surface area contributed by atoms with E-state index in [4.69, 9.17) is 9.47 Å². The molecule has 1 saturated heterocycles. The molecular formula is C23H28N2O4. The van der Waals surface area contributed by atoms with E-state index in [1.165, 1.54) is 7.11 Å². The van der Waals surface area contributed by atoms with E-state index in [9.17, 15) is 9.59 Å². The van der Waals surface area contributed by atoms with Gasteiger partial charge in [-0.15, -0.1) is 0 Å². The van der Waals surface area contributed by atoms with Gasteiger partial charge < -0.3 is 19.7 Å². The molecule has 0 spiro atoms. The normalized spacial score (nSPS) is 17.7. The first kappa shape index (κ1) is 20.9. The van der Waals surface area contributed by atoms with Gasteiger partial charge >= 0.3 is 0 Å². The Morgan fingerprint density at radius 1 is 1.10 bits per heavy atom. The van der Waals surface area contributed by atoms with Crippen molar-refractivity contribution >= 4 is 11.8 Å². The zero-order valence-corrected chi connectivity index (χ0v) is 17.1. The Balaban J connectivity index is 1.73. The molecule has 2 aromatic rings. The van der Waals surface area contributed by atoms with Crippen molar-refractivity contribution < 1.29 is 19.1 Å². The molecule has 6 nitrogen and oxygen atoms in total. The van der Waals surface area contributed by atoms with Gasteiger partial charge in [0.2, 0.25) is 5.91 Å². The number of methoxy groups -OCH3 is 1. The summed E-state index contributed by atoms with van der Waals surface area (Å²) in [7, 11) is 1.52. The van der Waals surface area contributed by atoms with Gasteiger partial charge in [-0.1, -0.05) is 56.3 Å². The predicted octanol–water partition coefficient (Wildman–Crippen LogP) is 3.05. The smallest absolute Gasteiger partial charge is 0.255 e. The van der Waals surface area contributed by atoms with Crippen molar-refractivity contribution in [2.45, 2.75) is 26.0 Å². The molecule has 29 heavy (non-hydrogen) atoms. The van der Waals surface area contributed by atoms with Gasteiger partial charge in [-0.2, -0.15) is 0 Å². The summed E-state index contributed by atoms with van der Waals surface area (Å²) in [5, 5.41) is 2.91. The molecule has 1 aliphatic heterocycles. The van der Waals surface area contributed by atoms with Crippen LogP contribution in [0.2, 0.25) is 0 Å². The second-order valence-electron chi connectivity index (χ2n) is 7.45. The average molecular weight is 396 g/mol. The van der Waals surface area contributed by atoms with Crippen molar-refractivity contribution in [3.05, 3.63) is 65.7 Å². The van der Waals surface area contributed by atoms with Gasteiger partial charge in [0.15, 0.2) is 0 Å². The lowest BCUT2D eigenvalue weighted by Crippen LogP contribution is -2.54. The molecule has 3 rings (SSSR count). The minimum Gasteiger partial charge on any atom is -0.496 e. The molecule has 2 unspecified atom stereocenters. The Labute approximate surface area is 171 Å². The summed E-state index contributed by atoms with van der Waals surface area (Å²) in [5.74, 6) is 0.0181. The van der Waals surface area contributed by atoms with Crippen LogP contribution in [0.3, 0.4) is 0 Å². The quantitative estimate of drug-likeness (QED) is 0.815. The lowest BCUT2D eigenvalue weighted by Gasteiger charge is -2.36. The van der Waals surface area contributed by atoms with Gasteiger partial charge in [0.1, 0.15) is 17.9 Å². The van der Waals surface area contributed by atoms with E-state index in [2.05, 4.69) is 5.32 Å². The third-order valence-corrected chi connectivity index (χ3v) is 5.12. The van der Waals surface area contributed by atoms with Crippen LogP contribution in [0.5, 0.6) is 5.75 Å². The molecule has 1 fully saturated rings. The maximum atomic E-state index is 13.3. The summed E-state index contributed by atoms with van der Waals surface area (Å²) >= 11 is 0. The minimum absolute atomic E-state index is 0.0563. The first-order chi connectivity index (χ1) is 14.0. The van der Waals surface area contributed by atoms with Gasteiger partial charge in [-0.05, 0) is 23.6 Å². The maximum Gasteiger partial charge on any atom is 0.255 e. The molecule has 6 heteroatoms. The first-order valence-electron chi connectivity index (χ1n) is 9.90. The molecule has 2 amide bonds. The van der Waals surface area contributed by atoms with E-state index in [1.54, 1.807) is 29.2 Å². The fourth-order valence-electron chi connectivity index (χ4n) is 3.48. The van der Waals surface area contributed by atoms with Crippen LogP contribution in [-0.2, 0) is 9.53 Å². The van der Waals surface area contributed by atoms with E-state index >= 15 is 0 Å². The number of carbonyl (C=O) groups is 2. The van der Waals surface area contributed by atoms with Crippen molar-refractivity contribution in [1.29, 1.82) is 0 Å². The number of nitrogens with one attached hydrogen (secondary N) is 1. The fourth-order valence-corrected chi connectivity index (χ4v) is 3.48. The zero-order chi connectivity index (χ0) is 20.8. The lowest BCUT2D eigenvalue weighted by molar-refractivity contribution is -0.142. The van der Waals surface area contributed by atoms with E-state index in [0.29, 0.717) is 31.0 Å². The number of hydrogen-bond acceptors (Lipinski definition) is 4. The van der Waals surface area contributed by atoms with Gasteiger partial charge in [0, 0.05) is 6.54 Å². The van der Waals surface area contributed by atoms with Gasteiger partial charge in [-0.3, -0.25) is 9.59 Å². The standard InChI is InChI=1S/C23H28N2O4/c1-16(2)21(24-22(26)18-11-7-8-12-19(18)28-3)23(27)25-13-14-29-20(15-25)17-9-5-4-6-10-17/h4-12,16,20-21H,13-15H2,1-3H3,(H,24,26). The number of hydrogen-bond donors (Lipinski definition) is 1. The highest BCUT2D eigenvalue weighted by atomic mass is 16.5. The van der Waals surface area contributed by atoms with Crippen molar-refractivity contribution in [3.63, 3.8) is 0 Å². The SMILES string of the molecule is COc1ccccc1C(=O)NC(C(=O)N1CCOC(c2ccccc2)C1)C(C)C. The molecule has 2 aromatic carbocycles. The summed E-state index contributed by atoms with van der Waals surface area (Å²) in [6.07, 6.45) is -0.161. The fraction of sp³-hybridized carbons (Fsp3) is 0.391. The molecule has 1 heterocycles. The number of morpholine rings is 1. The molecular weight excluding hydrogens is 368 g/mol. The van der Waals surface area contributed by atoms with Crippen LogP contribution >= 0.6 is 0 Å². The third kappa shape index (κ3) is 4.95. The van der Waals surface area contributed by atoms with E-state index in [0.717, 1.165) is 5.56 Å². The van der Waals surface area contributed by atoms with Crippen molar-refractivity contribution in [2.24, 2.45) is 5.92 Å². The summed E-state index contributed by atoms with van der Waals surface area (Å²) < 4.78 is 11.1. The Bertz CT molecular complexity index is 838. The third-order valence-electron chi connectivity index (χ3n) is 5.12. The number of nitrogens with zero attached hydrogens (tertiary/aromatic N) is 1. The molecule has 0 aromatic heterocycles. The van der Waals surface area contributed by atoms with Gasteiger partial charge in [-0.25, -0.2) is 0 Å². The number of rotatable bonds is 6. The lowest BCUT2D eigenvalue weighted by atomic mass is 10.0. The number of carbonyl (C=O) groups excluding carboxylic acids is 2. The zero-order valence-electron chi connectivity index (χ0n) is 17.1. The van der Waals surface area contributed by atoms with Crippen molar-refractivity contribution in [2.75, 3.05) is 26.8 Å². The summed E-state index contributed by atoms with van der Waals surface area (Å²) in [6.45, 7) is 5.31. The Morgan fingerprint density at radius 2 is 1.79 bits per heavy atom. The van der Waals surface area contributed by atoms with E-state index < -0.39 is 6.04 Å². The van der Waals surface area contributed by atoms with Crippen LogP contribution in [0.1, 0.15) is 35.9 Å². The number of para-hydroxylation sites is 1. The predicted molar refractivity (Wildman–Crippen MR) is 111 cm³/mol. The molecule has 0 bridgehead atoms. The number of benzene rings is 2. The highest BCUT2D eigenvalue weighted by Gasteiger charge is 2.33. The number of ether oxygens (including phenoxy) is 2. The Hall–Kier alpha value is -2.86. The second-order valence-corrected chi connectivity index (χ2v) is 7.45. The van der Waals surface area contributed by atoms with E-state index in [-0.39, 0.29) is 23.8 Å². The summed E-state index contributed by atoms with van der Waals surface area (Å²) in [4.78, 5) is 27.9. The van der Waals surface area contributed by atoms with Crippen LogP contribution in [0.4, 0.5) is 0 Å². The molecule has 0 radical (unpaired) electrons. The molecule has 154 valence electrons. The number of amides is 2. The summed E-state index contributed by atoms with van der Waals surface area (Å²) in [5.41, 5.74) is 1.46. The highest BCUT2D eigenvalue weighted by Crippen LogP contribution is 2.23. The highest BCUT2D eigenvalue weighted by molar-refractivity contribution is 5.99. The largest absolute Gasteiger partial charge is 0.496 e. The maximum absolute atomic E-state index is 13.3. The monoisotopic (exact) mass is 396 g/mol. The van der Waals surface area contributed by atoms with Crippen LogP contribution in [0.15, 0.2) is 54.6 Å². The van der Waals surface area contributed by atoms with Crippen LogP contribution in [0.25, 0.3) is 0 Å². The van der Waals surface area contributed by atoms with Gasteiger partial charge in [0.05, 0.1) is 25.8 Å². The second kappa shape index (κ2) is 9.56. The first-order valence-corrected chi connectivity index (χ1v) is 9.90. The molecule has 1 N–H and O–H groups in total. The molecule has 0 saturated carbocycles. The van der Waals surface area contributed by atoms with Crippen LogP contribution < -0.4 is 10.1 Å². The van der Waals surface area contributed by atoms with Crippen LogP contribution in [-0.4, -0.2) is 49.6 Å². The molecule has 2 atom stereocenters. The van der Waals surface area contributed by atoms with Crippen molar-refractivity contribution in [1.82, 2.24) is 10.2 Å². The molecule has 0 aliphatic carbocycles. The minimum atomic E-state index is -0.623. The van der Waals surface area contributed by atoms with E-state index in [1.807, 2.05) is 44.2 Å². The van der Waals surface area contributed by atoms with Crippen LogP contribution in [0, 0.1) is 5.92 Å². The Morgan fingerprint density at radius 3 is 2.48 bits per heavy atom. The Kier molecular flexibility index (Phi) is 6.88. The van der Waals surface area contributed by atoms with Crippen molar-refractivity contribution in [3.8, 4) is 5.75 Å². The van der Waals surface area contributed by atoms with Gasteiger partial charge in [0.25, 0.3) is 5.91 Å². The average Bonchev–Trinajstić information content (AvgIpc) is 2.77.